The number of H-pyrrole nitrogens is 1. The molecular formula is C9H17N3. The molecule has 0 spiro atoms. The lowest BCUT2D eigenvalue weighted by atomic mass is 10.0. The standard InChI is InChI=1S/C9H17N3/c1-2-8(10)9(11)6-7-4-3-5-12-7/h3-5,8-9,12H,2,6,10-11H2,1H3. The molecule has 0 saturated heterocycles. The molecule has 68 valence electrons. The average Bonchev–Trinajstić information content (AvgIpc) is 2.55. The normalized spacial score (nSPS) is 15.9. The minimum Gasteiger partial charge on any atom is -0.365 e. The first kappa shape index (κ1) is 9.29. The zero-order chi connectivity index (χ0) is 8.97. The van der Waals surface area contributed by atoms with Crippen LogP contribution in [0.3, 0.4) is 0 Å². The third-order valence-electron chi connectivity index (χ3n) is 2.14. The van der Waals surface area contributed by atoms with Crippen LogP contribution in [-0.4, -0.2) is 17.1 Å². The predicted octanol–water partition coefficient (Wildman–Crippen LogP) is 0.622. The second kappa shape index (κ2) is 4.28. The summed E-state index contributed by atoms with van der Waals surface area (Å²) in [5.74, 6) is 0. The fourth-order valence-corrected chi connectivity index (χ4v) is 1.20. The van der Waals surface area contributed by atoms with Gasteiger partial charge in [-0.15, -0.1) is 0 Å². The second-order valence-electron chi connectivity index (χ2n) is 3.14. The van der Waals surface area contributed by atoms with Gasteiger partial charge in [0.05, 0.1) is 0 Å². The molecule has 0 aromatic carbocycles. The SMILES string of the molecule is CCC(N)C(N)Cc1ccc[nH]1. The summed E-state index contributed by atoms with van der Waals surface area (Å²) in [5.41, 5.74) is 12.8. The molecule has 0 saturated carbocycles. The highest BCUT2D eigenvalue weighted by Crippen LogP contribution is 2.02. The number of aromatic nitrogens is 1. The zero-order valence-electron chi connectivity index (χ0n) is 7.46. The second-order valence-corrected chi connectivity index (χ2v) is 3.14. The van der Waals surface area contributed by atoms with E-state index in [0.717, 1.165) is 18.5 Å². The molecule has 0 aliphatic carbocycles. The Hall–Kier alpha value is -0.800. The van der Waals surface area contributed by atoms with Crippen LogP contribution in [0.5, 0.6) is 0 Å². The molecule has 0 amide bonds. The monoisotopic (exact) mass is 167 g/mol. The minimum atomic E-state index is 0.0636. The van der Waals surface area contributed by atoms with Crippen LogP contribution in [0.25, 0.3) is 0 Å². The molecule has 2 unspecified atom stereocenters. The summed E-state index contributed by atoms with van der Waals surface area (Å²) >= 11 is 0. The highest BCUT2D eigenvalue weighted by Gasteiger charge is 2.11. The van der Waals surface area contributed by atoms with Crippen molar-refractivity contribution in [1.29, 1.82) is 0 Å². The average molecular weight is 167 g/mol. The van der Waals surface area contributed by atoms with Crippen LogP contribution in [0, 0.1) is 0 Å². The van der Waals surface area contributed by atoms with E-state index in [4.69, 9.17) is 11.5 Å². The fourth-order valence-electron chi connectivity index (χ4n) is 1.20. The largest absolute Gasteiger partial charge is 0.365 e. The van der Waals surface area contributed by atoms with Crippen LogP contribution >= 0.6 is 0 Å². The van der Waals surface area contributed by atoms with E-state index >= 15 is 0 Å². The van der Waals surface area contributed by atoms with Gasteiger partial charge < -0.3 is 16.5 Å². The highest BCUT2D eigenvalue weighted by molar-refractivity contribution is 5.06. The third-order valence-corrected chi connectivity index (χ3v) is 2.14. The molecule has 0 aliphatic rings. The van der Waals surface area contributed by atoms with Crippen molar-refractivity contribution in [3.63, 3.8) is 0 Å². The van der Waals surface area contributed by atoms with Crippen LogP contribution in [0.15, 0.2) is 18.3 Å². The molecule has 0 radical (unpaired) electrons. The Kier molecular flexibility index (Phi) is 3.31. The van der Waals surface area contributed by atoms with Crippen molar-refractivity contribution in [2.75, 3.05) is 0 Å². The summed E-state index contributed by atoms with van der Waals surface area (Å²) in [6.07, 6.45) is 3.67. The molecule has 1 aromatic rings. The number of nitrogens with two attached hydrogens (primary N) is 2. The van der Waals surface area contributed by atoms with E-state index < -0.39 is 0 Å². The molecule has 3 heteroatoms. The van der Waals surface area contributed by atoms with Crippen LogP contribution in [-0.2, 0) is 6.42 Å². The zero-order valence-corrected chi connectivity index (χ0v) is 7.46. The number of rotatable bonds is 4. The van der Waals surface area contributed by atoms with Crippen molar-refractivity contribution >= 4 is 0 Å². The van der Waals surface area contributed by atoms with E-state index in [2.05, 4.69) is 11.9 Å². The van der Waals surface area contributed by atoms with Crippen molar-refractivity contribution in [2.24, 2.45) is 11.5 Å². The van der Waals surface area contributed by atoms with Crippen molar-refractivity contribution in [3.8, 4) is 0 Å². The molecule has 2 atom stereocenters. The summed E-state index contributed by atoms with van der Waals surface area (Å²) in [6, 6.07) is 4.17. The highest BCUT2D eigenvalue weighted by atomic mass is 14.8. The van der Waals surface area contributed by atoms with Crippen molar-refractivity contribution < 1.29 is 0 Å². The Balaban J connectivity index is 2.41. The summed E-state index contributed by atoms with van der Waals surface area (Å²) in [5, 5.41) is 0. The van der Waals surface area contributed by atoms with Gasteiger partial charge in [0.1, 0.15) is 0 Å². The summed E-state index contributed by atoms with van der Waals surface area (Å²) < 4.78 is 0. The van der Waals surface area contributed by atoms with Crippen LogP contribution in [0.2, 0.25) is 0 Å². The van der Waals surface area contributed by atoms with Gasteiger partial charge in [0.25, 0.3) is 0 Å². The van der Waals surface area contributed by atoms with Crippen molar-refractivity contribution in [3.05, 3.63) is 24.0 Å². The number of nitrogens with one attached hydrogen (secondary N) is 1. The topological polar surface area (TPSA) is 67.8 Å². The van der Waals surface area contributed by atoms with Crippen LogP contribution < -0.4 is 11.5 Å². The van der Waals surface area contributed by atoms with Gasteiger partial charge in [-0.1, -0.05) is 6.92 Å². The Morgan fingerprint density at radius 3 is 2.67 bits per heavy atom. The van der Waals surface area contributed by atoms with Gasteiger partial charge in [-0.05, 0) is 18.6 Å². The maximum Gasteiger partial charge on any atom is 0.0247 e. The molecule has 1 rings (SSSR count). The predicted molar refractivity (Wildman–Crippen MR) is 50.7 cm³/mol. The molecule has 1 aromatic heterocycles. The lowest BCUT2D eigenvalue weighted by molar-refractivity contribution is 0.506. The van der Waals surface area contributed by atoms with Crippen molar-refractivity contribution in [1.82, 2.24) is 4.98 Å². The number of aromatic amines is 1. The number of hydrogen-bond donors (Lipinski definition) is 3. The lowest BCUT2D eigenvalue weighted by Gasteiger charge is -2.17. The van der Waals surface area contributed by atoms with E-state index in [1.54, 1.807) is 0 Å². The van der Waals surface area contributed by atoms with E-state index in [0.29, 0.717) is 0 Å². The molecule has 5 N–H and O–H groups in total. The van der Waals surface area contributed by atoms with Gasteiger partial charge in [-0.2, -0.15) is 0 Å². The van der Waals surface area contributed by atoms with Crippen LogP contribution in [0.4, 0.5) is 0 Å². The molecule has 1 heterocycles. The van der Waals surface area contributed by atoms with Crippen molar-refractivity contribution in [2.45, 2.75) is 31.8 Å². The lowest BCUT2D eigenvalue weighted by Crippen LogP contribution is -2.42. The molecule has 0 aliphatic heterocycles. The van der Waals surface area contributed by atoms with Gasteiger partial charge in [-0.3, -0.25) is 0 Å². The Morgan fingerprint density at radius 1 is 1.42 bits per heavy atom. The molecule has 0 bridgehead atoms. The Bertz CT molecular complexity index is 206. The summed E-state index contributed by atoms with van der Waals surface area (Å²) in [6.45, 7) is 2.05. The smallest absolute Gasteiger partial charge is 0.0247 e. The quantitative estimate of drug-likeness (QED) is 0.615. The number of hydrogen-bond acceptors (Lipinski definition) is 2. The molecule has 0 fully saturated rings. The Labute approximate surface area is 73.1 Å². The maximum atomic E-state index is 5.87. The maximum absolute atomic E-state index is 5.87. The van der Waals surface area contributed by atoms with Crippen LogP contribution in [0.1, 0.15) is 19.0 Å². The van der Waals surface area contributed by atoms with Gasteiger partial charge in [0.15, 0.2) is 0 Å². The first-order valence-electron chi connectivity index (χ1n) is 4.37. The van der Waals surface area contributed by atoms with Gasteiger partial charge >= 0.3 is 0 Å². The van der Waals surface area contributed by atoms with E-state index in [-0.39, 0.29) is 12.1 Å². The van der Waals surface area contributed by atoms with Gasteiger partial charge in [0.2, 0.25) is 0 Å². The first-order valence-corrected chi connectivity index (χ1v) is 4.37. The van der Waals surface area contributed by atoms with E-state index in [1.807, 2.05) is 18.3 Å². The van der Waals surface area contributed by atoms with E-state index in [9.17, 15) is 0 Å². The summed E-state index contributed by atoms with van der Waals surface area (Å²) in [4.78, 5) is 3.11. The fraction of sp³-hybridized carbons (Fsp3) is 0.556. The molecular weight excluding hydrogens is 150 g/mol. The van der Waals surface area contributed by atoms with Gasteiger partial charge in [0, 0.05) is 30.4 Å². The third kappa shape index (κ3) is 2.36. The summed E-state index contributed by atoms with van der Waals surface area (Å²) in [7, 11) is 0. The van der Waals surface area contributed by atoms with E-state index in [1.165, 1.54) is 0 Å². The molecule has 3 nitrogen and oxygen atoms in total. The van der Waals surface area contributed by atoms with Gasteiger partial charge in [-0.25, -0.2) is 0 Å². The molecule has 12 heavy (non-hydrogen) atoms. The minimum absolute atomic E-state index is 0.0636. The Morgan fingerprint density at radius 2 is 2.17 bits per heavy atom. The first-order chi connectivity index (χ1) is 5.74.